The van der Waals surface area contributed by atoms with E-state index in [0.717, 1.165) is 25.6 Å². The molecule has 1 fully saturated rings. The lowest BCUT2D eigenvalue weighted by atomic mass is 10.1. The van der Waals surface area contributed by atoms with Gasteiger partial charge in [-0.25, -0.2) is 23.9 Å². The van der Waals surface area contributed by atoms with Crippen LogP contribution in [0.15, 0.2) is 49.1 Å². The van der Waals surface area contributed by atoms with Crippen molar-refractivity contribution in [1.29, 1.82) is 0 Å². The monoisotopic (exact) mass is 448 g/mol. The predicted octanol–water partition coefficient (Wildman–Crippen LogP) is 2.84. The number of carbonyl (C=O) groups is 1. The molecule has 1 saturated heterocycles. The minimum atomic E-state index is -0.423. The van der Waals surface area contributed by atoms with E-state index in [0.29, 0.717) is 40.0 Å². The Morgan fingerprint density at radius 1 is 1.24 bits per heavy atom. The lowest BCUT2D eigenvalue weighted by Gasteiger charge is -2.26. The molecule has 0 radical (unpaired) electrons. The van der Waals surface area contributed by atoms with Crippen LogP contribution >= 0.6 is 0 Å². The van der Waals surface area contributed by atoms with Gasteiger partial charge in [0.15, 0.2) is 5.65 Å². The maximum absolute atomic E-state index is 14.0. The summed E-state index contributed by atoms with van der Waals surface area (Å²) in [6.45, 7) is 0.723. The zero-order valence-electron chi connectivity index (χ0n) is 17.8. The van der Waals surface area contributed by atoms with Gasteiger partial charge in [-0.15, -0.1) is 0 Å². The summed E-state index contributed by atoms with van der Waals surface area (Å²) in [4.78, 5) is 27.7. The molecule has 0 aromatic carbocycles. The number of anilines is 3. The number of aromatic nitrogens is 5. The molecule has 1 aliphatic heterocycles. The third kappa shape index (κ3) is 3.88. The number of ether oxygens (including phenoxy) is 1. The molecule has 11 heteroatoms. The lowest BCUT2D eigenvalue weighted by molar-refractivity contribution is 0.102. The van der Waals surface area contributed by atoms with Crippen LogP contribution in [0.3, 0.4) is 0 Å². The number of hydrogen-bond acceptors (Lipinski definition) is 8. The minimum Gasteiger partial charge on any atom is -0.481 e. The molecule has 4 aromatic rings. The number of rotatable bonds is 5. The molecule has 0 unspecified atom stereocenters. The Morgan fingerprint density at radius 2 is 2.12 bits per heavy atom. The Hall–Kier alpha value is -4.28. The van der Waals surface area contributed by atoms with Crippen LogP contribution in [0.25, 0.3) is 5.65 Å². The van der Waals surface area contributed by atoms with Crippen molar-refractivity contribution in [2.24, 2.45) is 0 Å². The number of nitrogens with two attached hydrogens (primary N) is 1. The van der Waals surface area contributed by atoms with Gasteiger partial charge in [-0.3, -0.25) is 4.79 Å². The molecule has 0 bridgehead atoms. The molecule has 4 aromatic heterocycles. The molecule has 1 amide bonds. The Bertz CT molecular complexity index is 1320. The largest absolute Gasteiger partial charge is 0.481 e. The number of halogens is 1. The highest BCUT2D eigenvalue weighted by molar-refractivity contribution is 6.08. The van der Waals surface area contributed by atoms with Gasteiger partial charge in [-0.2, -0.15) is 5.10 Å². The molecule has 0 spiro atoms. The highest BCUT2D eigenvalue weighted by Crippen LogP contribution is 2.38. The van der Waals surface area contributed by atoms with Crippen molar-refractivity contribution in [3.8, 4) is 5.88 Å². The number of nitrogen functional groups attached to an aromatic ring is 1. The molecule has 5 rings (SSSR count). The fourth-order valence-corrected chi connectivity index (χ4v) is 4.07. The molecule has 1 aliphatic rings. The number of pyridine rings is 2. The number of carbonyl (C=O) groups excluding carboxylic acids is 1. The van der Waals surface area contributed by atoms with Gasteiger partial charge in [0.05, 0.1) is 37.4 Å². The first-order valence-electron chi connectivity index (χ1n) is 10.4. The highest BCUT2D eigenvalue weighted by atomic mass is 19.1. The Labute approximate surface area is 188 Å². The smallest absolute Gasteiger partial charge is 0.261 e. The second kappa shape index (κ2) is 8.34. The first-order valence-corrected chi connectivity index (χ1v) is 10.4. The zero-order valence-corrected chi connectivity index (χ0v) is 17.8. The number of nitrogens with one attached hydrogen (secondary N) is 1. The van der Waals surface area contributed by atoms with Gasteiger partial charge in [0.25, 0.3) is 5.91 Å². The predicted molar refractivity (Wildman–Crippen MR) is 120 cm³/mol. The number of hydrogen-bond donors (Lipinski definition) is 2. The molecule has 168 valence electrons. The second-order valence-corrected chi connectivity index (χ2v) is 7.64. The summed E-state index contributed by atoms with van der Waals surface area (Å²) in [7, 11) is 1.51. The maximum Gasteiger partial charge on any atom is 0.261 e. The van der Waals surface area contributed by atoms with Gasteiger partial charge in [0, 0.05) is 18.3 Å². The topological polar surface area (TPSA) is 124 Å². The lowest BCUT2D eigenvalue weighted by Crippen LogP contribution is -2.24. The van der Waals surface area contributed by atoms with Crippen LogP contribution in [0.4, 0.5) is 21.7 Å². The van der Waals surface area contributed by atoms with E-state index in [2.05, 4.69) is 25.3 Å². The van der Waals surface area contributed by atoms with Gasteiger partial charge in [-0.05, 0) is 37.1 Å². The number of methoxy groups -OCH3 is 1. The third-order valence-corrected chi connectivity index (χ3v) is 5.59. The van der Waals surface area contributed by atoms with Crippen molar-refractivity contribution in [2.75, 3.05) is 29.6 Å². The van der Waals surface area contributed by atoms with E-state index in [4.69, 9.17) is 15.5 Å². The van der Waals surface area contributed by atoms with Crippen molar-refractivity contribution >= 4 is 28.9 Å². The van der Waals surface area contributed by atoms with Crippen molar-refractivity contribution in [3.05, 3.63) is 66.0 Å². The van der Waals surface area contributed by atoms with Gasteiger partial charge >= 0.3 is 0 Å². The summed E-state index contributed by atoms with van der Waals surface area (Å²) in [6, 6.07) is 6.39. The summed E-state index contributed by atoms with van der Waals surface area (Å²) < 4.78 is 20.9. The average Bonchev–Trinajstić information content (AvgIpc) is 3.47. The van der Waals surface area contributed by atoms with Crippen LogP contribution in [0.2, 0.25) is 0 Å². The summed E-state index contributed by atoms with van der Waals surface area (Å²) in [5.74, 6) is 0.611. The summed E-state index contributed by atoms with van der Waals surface area (Å²) in [5.41, 5.74) is 7.49. The molecule has 1 atom stereocenters. The quantitative estimate of drug-likeness (QED) is 0.478. The maximum atomic E-state index is 14.0. The van der Waals surface area contributed by atoms with E-state index in [1.165, 1.54) is 30.1 Å². The van der Waals surface area contributed by atoms with Crippen molar-refractivity contribution in [1.82, 2.24) is 24.6 Å². The Morgan fingerprint density at radius 3 is 2.91 bits per heavy atom. The molecule has 5 heterocycles. The fraction of sp³-hybridized carbons (Fsp3) is 0.227. The SMILES string of the molecule is COc1ncc(F)cc1[C@H]1CCCN1c1ccn2ncc(C(=O)Nc3ccc(N)nc3)c2n1. The van der Waals surface area contributed by atoms with E-state index < -0.39 is 5.82 Å². The van der Waals surface area contributed by atoms with Gasteiger partial charge in [0.1, 0.15) is 23.0 Å². The first-order chi connectivity index (χ1) is 16.0. The van der Waals surface area contributed by atoms with Crippen LogP contribution in [-0.2, 0) is 0 Å². The molecule has 3 N–H and O–H groups in total. The average molecular weight is 448 g/mol. The normalized spacial score (nSPS) is 15.7. The van der Waals surface area contributed by atoms with Crippen molar-refractivity contribution < 1.29 is 13.9 Å². The number of nitrogens with zero attached hydrogens (tertiary/aromatic N) is 6. The zero-order chi connectivity index (χ0) is 22.9. The fourth-order valence-electron chi connectivity index (χ4n) is 4.07. The second-order valence-electron chi connectivity index (χ2n) is 7.64. The molecular weight excluding hydrogens is 427 g/mol. The van der Waals surface area contributed by atoms with Gasteiger partial charge in [-0.1, -0.05) is 0 Å². The van der Waals surface area contributed by atoms with Gasteiger partial charge < -0.3 is 20.7 Å². The summed E-state index contributed by atoms with van der Waals surface area (Å²) in [6.07, 6.45) is 7.52. The van der Waals surface area contributed by atoms with Crippen LogP contribution in [0.5, 0.6) is 5.88 Å². The molecule has 0 saturated carbocycles. The summed E-state index contributed by atoms with van der Waals surface area (Å²) >= 11 is 0. The van der Waals surface area contributed by atoms with Crippen LogP contribution in [-0.4, -0.2) is 44.1 Å². The molecule has 10 nitrogen and oxygen atoms in total. The van der Waals surface area contributed by atoms with E-state index in [-0.39, 0.29) is 11.9 Å². The van der Waals surface area contributed by atoms with Crippen molar-refractivity contribution in [2.45, 2.75) is 18.9 Å². The molecule has 0 aliphatic carbocycles. The van der Waals surface area contributed by atoms with Crippen molar-refractivity contribution in [3.63, 3.8) is 0 Å². The third-order valence-electron chi connectivity index (χ3n) is 5.59. The number of fused-ring (bicyclic) bond motifs is 1. The van der Waals surface area contributed by atoms with Crippen LogP contribution in [0.1, 0.15) is 34.8 Å². The molecular formula is C22H21FN8O2. The van der Waals surface area contributed by atoms with E-state index >= 15 is 0 Å². The standard InChI is InChI=1S/C22H21FN8O2/c1-33-22-15(9-13(23)10-26-22)17-3-2-7-30(17)19-6-8-31-20(29-19)16(12-27-31)21(32)28-14-4-5-18(24)25-11-14/h4-6,8-12,17H,2-3,7H2,1H3,(H2,24,25)(H,28,32)/t17-/m1/s1. The highest BCUT2D eigenvalue weighted by Gasteiger charge is 2.31. The van der Waals surface area contributed by atoms with E-state index in [1.54, 1.807) is 18.3 Å². The molecule has 33 heavy (non-hydrogen) atoms. The van der Waals surface area contributed by atoms with Crippen LogP contribution < -0.4 is 20.7 Å². The summed E-state index contributed by atoms with van der Waals surface area (Å²) in [5, 5.41) is 7.02. The first kappa shape index (κ1) is 20.6. The minimum absolute atomic E-state index is 0.154. The van der Waals surface area contributed by atoms with Crippen LogP contribution in [0, 0.1) is 5.82 Å². The Balaban J connectivity index is 1.47. The van der Waals surface area contributed by atoms with E-state index in [9.17, 15) is 9.18 Å². The van der Waals surface area contributed by atoms with Gasteiger partial charge in [0.2, 0.25) is 5.88 Å². The Kier molecular flexibility index (Phi) is 5.21. The number of amides is 1. The van der Waals surface area contributed by atoms with E-state index in [1.807, 2.05) is 6.07 Å².